The maximum atomic E-state index is 12.5. The van der Waals surface area contributed by atoms with E-state index >= 15 is 0 Å². The standard InChI is InChI=1S/C17H15ClN2O.C8H16O2/c1-11(2)20-17(21)15-6-4-3-5-14(15)16(19-20)12-7-9-13(18)10-8-12;1-6(2)7(9)10-8(3,4)5/h3-11H,1-2H3;6H,1-5H3. The Labute approximate surface area is 189 Å². The van der Waals surface area contributed by atoms with Gasteiger partial charge in [-0.3, -0.25) is 9.59 Å². The summed E-state index contributed by atoms with van der Waals surface area (Å²) in [4.78, 5) is 23.4. The van der Waals surface area contributed by atoms with Crippen LogP contribution in [0.4, 0.5) is 0 Å². The van der Waals surface area contributed by atoms with Crippen LogP contribution in [0.25, 0.3) is 22.0 Å². The number of halogens is 1. The van der Waals surface area contributed by atoms with Crippen molar-refractivity contribution in [3.05, 3.63) is 63.9 Å². The average Bonchev–Trinajstić information content (AvgIpc) is 2.68. The van der Waals surface area contributed by atoms with Crippen LogP contribution in [0.5, 0.6) is 0 Å². The smallest absolute Gasteiger partial charge is 0.308 e. The fourth-order valence-corrected chi connectivity index (χ4v) is 2.92. The molecule has 5 nitrogen and oxygen atoms in total. The molecule has 166 valence electrons. The number of benzene rings is 2. The van der Waals surface area contributed by atoms with Crippen molar-refractivity contribution in [3.8, 4) is 11.3 Å². The van der Waals surface area contributed by atoms with Crippen LogP contribution in [-0.4, -0.2) is 21.4 Å². The molecule has 0 radical (unpaired) electrons. The van der Waals surface area contributed by atoms with Crippen molar-refractivity contribution in [1.82, 2.24) is 9.78 Å². The number of hydrogen-bond donors (Lipinski definition) is 0. The Bertz CT molecular complexity index is 1090. The SMILES string of the molecule is CC(C)C(=O)OC(C)(C)C.CC(C)n1nc(-c2ccc(Cl)cc2)c2ccccc2c1=O. The van der Waals surface area contributed by atoms with E-state index in [2.05, 4.69) is 5.10 Å². The minimum atomic E-state index is -0.346. The Morgan fingerprint density at radius 2 is 1.52 bits per heavy atom. The van der Waals surface area contributed by atoms with E-state index < -0.39 is 0 Å². The Hall–Kier alpha value is -2.66. The first kappa shape index (κ1) is 24.6. The summed E-state index contributed by atoms with van der Waals surface area (Å²) in [5.41, 5.74) is 1.35. The van der Waals surface area contributed by atoms with Crippen molar-refractivity contribution < 1.29 is 9.53 Å². The Balaban J connectivity index is 0.000000291. The number of carbonyl (C=O) groups excluding carboxylic acids is 1. The van der Waals surface area contributed by atoms with Crippen LogP contribution >= 0.6 is 11.6 Å². The minimum absolute atomic E-state index is 0.00755. The molecule has 1 aromatic heterocycles. The average molecular weight is 443 g/mol. The first-order valence-corrected chi connectivity index (χ1v) is 10.8. The lowest BCUT2D eigenvalue weighted by molar-refractivity contribution is -0.158. The molecule has 0 aliphatic heterocycles. The third-order valence-corrected chi connectivity index (χ3v) is 4.57. The first-order chi connectivity index (χ1) is 14.4. The van der Waals surface area contributed by atoms with Gasteiger partial charge in [0.1, 0.15) is 5.60 Å². The summed E-state index contributed by atoms with van der Waals surface area (Å²) in [6.07, 6.45) is 0. The van der Waals surface area contributed by atoms with Crippen LogP contribution in [0.1, 0.15) is 54.5 Å². The van der Waals surface area contributed by atoms with Crippen molar-refractivity contribution >= 4 is 28.3 Å². The van der Waals surface area contributed by atoms with Gasteiger partial charge in [0.2, 0.25) is 0 Å². The van der Waals surface area contributed by atoms with E-state index in [9.17, 15) is 9.59 Å². The number of esters is 1. The van der Waals surface area contributed by atoms with Crippen LogP contribution in [0.15, 0.2) is 53.3 Å². The highest BCUT2D eigenvalue weighted by Crippen LogP contribution is 2.26. The third-order valence-electron chi connectivity index (χ3n) is 4.31. The van der Waals surface area contributed by atoms with Gasteiger partial charge in [0, 0.05) is 16.0 Å². The predicted molar refractivity (Wildman–Crippen MR) is 128 cm³/mol. The lowest BCUT2D eigenvalue weighted by atomic mass is 10.1. The number of ether oxygens (including phenoxy) is 1. The Morgan fingerprint density at radius 3 is 1.97 bits per heavy atom. The molecule has 0 amide bonds. The van der Waals surface area contributed by atoms with Crippen molar-refractivity contribution in [2.24, 2.45) is 5.92 Å². The number of nitrogens with zero attached hydrogens (tertiary/aromatic N) is 2. The highest BCUT2D eigenvalue weighted by atomic mass is 35.5. The predicted octanol–water partition coefficient (Wildman–Crippen LogP) is 6.28. The number of hydrogen-bond acceptors (Lipinski definition) is 4. The van der Waals surface area contributed by atoms with E-state index in [4.69, 9.17) is 16.3 Å². The molecule has 0 spiro atoms. The summed E-state index contributed by atoms with van der Waals surface area (Å²) in [6, 6.07) is 15.1. The second-order valence-corrected chi connectivity index (χ2v) is 9.37. The lowest BCUT2D eigenvalue weighted by Gasteiger charge is -2.20. The van der Waals surface area contributed by atoms with E-state index in [1.165, 1.54) is 4.68 Å². The molecule has 0 fully saturated rings. The van der Waals surface area contributed by atoms with E-state index in [1.54, 1.807) is 0 Å². The summed E-state index contributed by atoms with van der Waals surface area (Å²) in [5, 5.41) is 6.79. The molecule has 31 heavy (non-hydrogen) atoms. The molecule has 6 heteroatoms. The quantitative estimate of drug-likeness (QED) is 0.447. The fourth-order valence-electron chi connectivity index (χ4n) is 2.80. The van der Waals surface area contributed by atoms with Crippen molar-refractivity contribution in [1.29, 1.82) is 0 Å². The van der Waals surface area contributed by atoms with Gasteiger partial charge in [-0.15, -0.1) is 0 Å². The number of fused-ring (bicyclic) bond motifs is 1. The molecule has 3 rings (SSSR count). The molecule has 0 saturated carbocycles. The summed E-state index contributed by atoms with van der Waals surface area (Å²) < 4.78 is 6.59. The van der Waals surface area contributed by atoms with E-state index in [0.29, 0.717) is 10.4 Å². The fraction of sp³-hybridized carbons (Fsp3) is 0.400. The largest absolute Gasteiger partial charge is 0.460 e. The Kier molecular flexibility index (Phi) is 8.02. The van der Waals surface area contributed by atoms with E-state index in [-0.39, 0.29) is 29.1 Å². The molecule has 0 unspecified atom stereocenters. The normalized spacial score (nSPS) is 11.4. The molecule has 3 aromatic rings. The van der Waals surface area contributed by atoms with E-state index in [1.807, 2.05) is 97.0 Å². The van der Waals surface area contributed by atoms with Gasteiger partial charge in [0.25, 0.3) is 5.56 Å². The second kappa shape index (κ2) is 10.1. The molecule has 0 N–H and O–H groups in total. The molecule has 1 heterocycles. The molecule has 0 saturated heterocycles. The van der Waals surface area contributed by atoms with Crippen LogP contribution < -0.4 is 5.56 Å². The molecule has 0 aliphatic rings. The molecule has 2 aromatic carbocycles. The van der Waals surface area contributed by atoms with Crippen LogP contribution in [-0.2, 0) is 9.53 Å². The highest BCUT2D eigenvalue weighted by Gasteiger charge is 2.18. The number of aromatic nitrogens is 2. The van der Waals surface area contributed by atoms with Gasteiger partial charge in [0.15, 0.2) is 0 Å². The van der Waals surface area contributed by atoms with Crippen molar-refractivity contribution in [2.75, 3.05) is 0 Å². The number of rotatable bonds is 3. The van der Waals surface area contributed by atoms with Gasteiger partial charge in [0.05, 0.1) is 23.0 Å². The molecular weight excluding hydrogens is 412 g/mol. The summed E-state index contributed by atoms with van der Waals surface area (Å²) in [5.74, 6) is -0.160. The zero-order valence-electron chi connectivity index (χ0n) is 19.3. The van der Waals surface area contributed by atoms with Gasteiger partial charge < -0.3 is 4.74 Å². The lowest BCUT2D eigenvalue weighted by Crippen LogP contribution is -2.26. The minimum Gasteiger partial charge on any atom is -0.460 e. The maximum absolute atomic E-state index is 12.5. The van der Waals surface area contributed by atoms with Gasteiger partial charge in [-0.25, -0.2) is 4.68 Å². The first-order valence-electron chi connectivity index (χ1n) is 10.4. The zero-order chi connectivity index (χ0) is 23.3. The van der Waals surface area contributed by atoms with Gasteiger partial charge in [-0.1, -0.05) is 55.8 Å². The Morgan fingerprint density at radius 1 is 0.968 bits per heavy atom. The zero-order valence-corrected chi connectivity index (χ0v) is 20.0. The molecular formula is C25H31ClN2O3. The maximum Gasteiger partial charge on any atom is 0.308 e. The van der Waals surface area contributed by atoms with Crippen LogP contribution in [0.3, 0.4) is 0 Å². The van der Waals surface area contributed by atoms with Crippen molar-refractivity contribution in [2.45, 2.75) is 60.1 Å². The number of carbonyl (C=O) groups is 1. The van der Waals surface area contributed by atoms with Crippen LogP contribution in [0.2, 0.25) is 5.02 Å². The topological polar surface area (TPSA) is 61.2 Å². The van der Waals surface area contributed by atoms with Gasteiger partial charge in [-0.2, -0.15) is 5.10 Å². The third kappa shape index (κ3) is 6.66. The van der Waals surface area contributed by atoms with Gasteiger partial charge in [-0.05, 0) is 52.8 Å². The molecule has 0 aliphatic carbocycles. The second-order valence-electron chi connectivity index (χ2n) is 8.93. The van der Waals surface area contributed by atoms with Crippen molar-refractivity contribution in [3.63, 3.8) is 0 Å². The monoisotopic (exact) mass is 442 g/mol. The highest BCUT2D eigenvalue weighted by molar-refractivity contribution is 6.30. The van der Waals surface area contributed by atoms with Gasteiger partial charge >= 0.3 is 5.97 Å². The molecule has 0 bridgehead atoms. The summed E-state index contributed by atoms with van der Waals surface area (Å²) >= 11 is 5.95. The molecule has 0 atom stereocenters. The summed E-state index contributed by atoms with van der Waals surface area (Å²) in [6.45, 7) is 13.2. The van der Waals surface area contributed by atoms with Crippen LogP contribution in [0, 0.1) is 5.92 Å². The summed E-state index contributed by atoms with van der Waals surface area (Å²) in [7, 11) is 0. The van der Waals surface area contributed by atoms with E-state index in [0.717, 1.165) is 16.6 Å².